The topological polar surface area (TPSA) is 12.0 Å². The Morgan fingerprint density at radius 3 is 2.09 bits per heavy atom. The minimum Gasteiger partial charge on any atom is -0.316 e. The second-order valence-electron chi connectivity index (χ2n) is 3.93. The van der Waals surface area contributed by atoms with Crippen LogP contribution >= 0.6 is 12.4 Å². The van der Waals surface area contributed by atoms with Crippen LogP contribution in [0.4, 0.5) is 0 Å². The van der Waals surface area contributed by atoms with E-state index >= 15 is 0 Å². The maximum absolute atomic E-state index is 3.49. The fourth-order valence-electron chi connectivity index (χ4n) is 3.05. The van der Waals surface area contributed by atoms with Crippen LogP contribution in [-0.2, 0) is 0 Å². The highest BCUT2D eigenvalue weighted by Crippen LogP contribution is 2.49. The molecule has 3 aliphatic rings. The summed E-state index contributed by atoms with van der Waals surface area (Å²) in [4.78, 5) is 0. The first-order valence-corrected chi connectivity index (χ1v) is 4.34. The fraction of sp³-hybridized carbons (Fsp3) is 0.778. The SMILES string of the molecule is C1=CC2CC1C1CNCC21.Cl. The van der Waals surface area contributed by atoms with Crippen molar-refractivity contribution in [1.82, 2.24) is 5.32 Å². The van der Waals surface area contributed by atoms with Gasteiger partial charge in [0.05, 0.1) is 0 Å². The molecule has 0 amide bonds. The molecule has 2 fully saturated rings. The number of allylic oxidation sites excluding steroid dienone is 2. The Balaban J connectivity index is 0.000000480. The molecule has 0 aromatic carbocycles. The minimum atomic E-state index is 0. The zero-order valence-electron chi connectivity index (χ0n) is 6.49. The average molecular weight is 172 g/mol. The van der Waals surface area contributed by atoms with Gasteiger partial charge in [-0.25, -0.2) is 0 Å². The molecule has 2 bridgehead atoms. The zero-order chi connectivity index (χ0) is 6.55. The van der Waals surface area contributed by atoms with E-state index in [1.807, 2.05) is 0 Å². The van der Waals surface area contributed by atoms with Crippen molar-refractivity contribution in [3.63, 3.8) is 0 Å². The molecule has 1 nitrogen and oxygen atoms in total. The minimum absolute atomic E-state index is 0. The molecule has 1 heterocycles. The summed E-state index contributed by atoms with van der Waals surface area (Å²) < 4.78 is 0. The first-order chi connectivity index (χ1) is 4.95. The van der Waals surface area contributed by atoms with Gasteiger partial charge in [0.1, 0.15) is 0 Å². The normalized spacial score (nSPS) is 50.9. The van der Waals surface area contributed by atoms with Crippen LogP contribution < -0.4 is 5.32 Å². The highest BCUT2D eigenvalue weighted by atomic mass is 35.5. The Kier molecular flexibility index (Phi) is 1.73. The first-order valence-electron chi connectivity index (χ1n) is 4.34. The molecule has 0 aromatic rings. The van der Waals surface area contributed by atoms with Crippen molar-refractivity contribution in [2.45, 2.75) is 6.42 Å². The maximum Gasteiger partial charge on any atom is -0.00114 e. The number of halogens is 1. The third-order valence-corrected chi connectivity index (χ3v) is 3.56. The van der Waals surface area contributed by atoms with Gasteiger partial charge in [0, 0.05) is 0 Å². The molecule has 62 valence electrons. The van der Waals surface area contributed by atoms with Gasteiger partial charge in [0.2, 0.25) is 0 Å². The van der Waals surface area contributed by atoms with Crippen LogP contribution in [0.5, 0.6) is 0 Å². The van der Waals surface area contributed by atoms with E-state index in [2.05, 4.69) is 17.5 Å². The summed E-state index contributed by atoms with van der Waals surface area (Å²) in [6, 6.07) is 0. The Morgan fingerprint density at radius 1 is 1.00 bits per heavy atom. The predicted octanol–water partition coefficient (Wildman–Crippen LogP) is 1.45. The Hall–Kier alpha value is -0.0100. The molecule has 2 aliphatic carbocycles. The molecular formula is C9H14ClN. The lowest BCUT2D eigenvalue weighted by molar-refractivity contribution is 0.395. The van der Waals surface area contributed by atoms with Crippen LogP contribution in [0.25, 0.3) is 0 Å². The van der Waals surface area contributed by atoms with Crippen molar-refractivity contribution >= 4 is 12.4 Å². The maximum atomic E-state index is 3.49. The van der Waals surface area contributed by atoms with Gasteiger partial charge in [0.15, 0.2) is 0 Å². The van der Waals surface area contributed by atoms with E-state index < -0.39 is 0 Å². The van der Waals surface area contributed by atoms with Crippen LogP contribution in [0.3, 0.4) is 0 Å². The van der Waals surface area contributed by atoms with Gasteiger partial charge < -0.3 is 5.32 Å². The second kappa shape index (κ2) is 2.49. The van der Waals surface area contributed by atoms with Crippen molar-refractivity contribution < 1.29 is 0 Å². The molecule has 1 saturated carbocycles. The highest BCUT2D eigenvalue weighted by molar-refractivity contribution is 5.85. The van der Waals surface area contributed by atoms with E-state index in [1.165, 1.54) is 19.5 Å². The second-order valence-corrected chi connectivity index (χ2v) is 3.93. The molecule has 11 heavy (non-hydrogen) atoms. The Labute approximate surface area is 73.7 Å². The largest absolute Gasteiger partial charge is 0.316 e. The fourth-order valence-corrected chi connectivity index (χ4v) is 3.05. The smallest absolute Gasteiger partial charge is 0.00114 e. The lowest BCUT2D eigenvalue weighted by Gasteiger charge is -2.17. The number of nitrogens with one attached hydrogen (secondary N) is 1. The summed E-state index contributed by atoms with van der Waals surface area (Å²) in [7, 11) is 0. The summed E-state index contributed by atoms with van der Waals surface area (Å²) in [6.07, 6.45) is 6.36. The Morgan fingerprint density at radius 2 is 1.55 bits per heavy atom. The van der Waals surface area contributed by atoms with Crippen LogP contribution in [0.15, 0.2) is 12.2 Å². The summed E-state index contributed by atoms with van der Waals surface area (Å²) in [5, 5.41) is 3.49. The number of hydrogen-bond acceptors (Lipinski definition) is 1. The van der Waals surface area contributed by atoms with E-state index in [0.717, 1.165) is 23.7 Å². The molecule has 0 aromatic heterocycles. The van der Waals surface area contributed by atoms with E-state index in [0.29, 0.717) is 0 Å². The predicted molar refractivity (Wildman–Crippen MR) is 47.8 cm³/mol. The van der Waals surface area contributed by atoms with Gasteiger partial charge in [0.25, 0.3) is 0 Å². The number of fused-ring (bicyclic) bond motifs is 5. The molecule has 0 radical (unpaired) electrons. The molecular weight excluding hydrogens is 158 g/mol. The van der Waals surface area contributed by atoms with Gasteiger partial charge >= 0.3 is 0 Å². The van der Waals surface area contributed by atoms with Crippen LogP contribution in [0, 0.1) is 23.7 Å². The van der Waals surface area contributed by atoms with Crippen molar-refractivity contribution in [1.29, 1.82) is 0 Å². The van der Waals surface area contributed by atoms with E-state index in [4.69, 9.17) is 0 Å². The molecule has 4 atom stereocenters. The van der Waals surface area contributed by atoms with E-state index in [9.17, 15) is 0 Å². The van der Waals surface area contributed by atoms with Crippen LogP contribution in [0.1, 0.15) is 6.42 Å². The van der Waals surface area contributed by atoms with Crippen molar-refractivity contribution in [2.75, 3.05) is 13.1 Å². The molecule has 1 N–H and O–H groups in total. The summed E-state index contributed by atoms with van der Waals surface area (Å²) in [6.45, 7) is 2.58. The number of rotatable bonds is 0. The molecule has 4 unspecified atom stereocenters. The first kappa shape index (κ1) is 7.63. The van der Waals surface area contributed by atoms with Gasteiger partial charge in [-0.05, 0) is 43.2 Å². The van der Waals surface area contributed by atoms with Gasteiger partial charge in [-0.3, -0.25) is 0 Å². The van der Waals surface area contributed by atoms with E-state index in [-0.39, 0.29) is 12.4 Å². The van der Waals surface area contributed by atoms with E-state index in [1.54, 1.807) is 0 Å². The third-order valence-electron chi connectivity index (χ3n) is 3.56. The quantitative estimate of drug-likeness (QED) is 0.544. The zero-order valence-corrected chi connectivity index (χ0v) is 7.31. The van der Waals surface area contributed by atoms with Gasteiger partial charge in [-0.15, -0.1) is 12.4 Å². The van der Waals surface area contributed by atoms with Crippen LogP contribution in [0.2, 0.25) is 0 Å². The summed E-state index contributed by atoms with van der Waals surface area (Å²) in [5.41, 5.74) is 0. The third kappa shape index (κ3) is 0.875. The molecule has 0 spiro atoms. The summed E-state index contributed by atoms with van der Waals surface area (Å²) in [5.74, 6) is 3.92. The van der Waals surface area contributed by atoms with Gasteiger partial charge in [-0.1, -0.05) is 12.2 Å². The molecule has 1 aliphatic heterocycles. The standard InChI is InChI=1S/C9H13N.ClH/c1-2-7-3-6(1)8-4-10-5-9(7)8;/h1-2,6-10H,3-5H2;1H. The Bertz CT molecular complexity index is 172. The molecule has 3 rings (SSSR count). The lowest BCUT2D eigenvalue weighted by atomic mass is 9.86. The van der Waals surface area contributed by atoms with Crippen molar-refractivity contribution in [2.24, 2.45) is 23.7 Å². The van der Waals surface area contributed by atoms with Gasteiger partial charge in [-0.2, -0.15) is 0 Å². The monoisotopic (exact) mass is 171 g/mol. The van der Waals surface area contributed by atoms with Crippen LogP contribution in [-0.4, -0.2) is 13.1 Å². The number of hydrogen-bond donors (Lipinski definition) is 1. The molecule has 2 heteroatoms. The highest BCUT2D eigenvalue weighted by Gasteiger charge is 2.46. The summed E-state index contributed by atoms with van der Waals surface area (Å²) >= 11 is 0. The van der Waals surface area contributed by atoms with Crippen molar-refractivity contribution in [3.8, 4) is 0 Å². The average Bonchev–Trinajstić information content (AvgIpc) is 2.60. The van der Waals surface area contributed by atoms with Crippen molar-refractivity contribution in [3.05, 3.63) is 12.2 Å². The molecule has 1 saturated heterocycles. The lowest BCUT2D eigenvalue weighted by Crippen LogP contribution is -2.16.